The lowest BCUT2D eigenvalue weighted by molar-refractivity contribution is -0.159. The van der Waals surface area contributed by atoms with Gasteiger partial charge in [0.05, 0.1) is 14.2 Å². The summed E-state index contributed by atoms with van der Waals surface area (Å²) in [5, 5.41) is 0. The van der Waals surface area contributed by atoms with E-state index in [9.17, 15) is 4.79 Å². The number of para-hydroxylation sites is 2. The van der Waals surface area contributed by atoms with Crippen LogP contribution in [-0.2, 0) is 14.3 Å². The number of hydrogen-bond donors (Lipinski definition) is 0. The molecule has 5 nitrogen and oxygen atoms in total. The summed E-state index contributed by atoms with van der Waals surface area (Å²) in [6.45, 7) is 6.44. The Kier molecular flexibility index (Phi) is 8.33. The molecule has 2 aromatic carbocycles. The van der Waals surface area contributed by atoms with E-state index >= 15 is 0 Å². The Morgan fingerprint density at radius 3 is 1.82 bits per heavy atom. The number of methoxy groups -OCH3 is 2. The number of benzene rings is 2. The third-order valence-electron chi connectivity index (χ3n) is 4.32. The number of ether oxygens (including phenoxy) is 4. The number of carbonyl (C=O) groups excluding carboxylic acids is 1. The van der Waals surface area contributed by atoms with Crippen LogP contribution in [0.25, 0.3) is 0 Å². The van der Waals surface area contributed by atoms with Gasteiger partial charge in [-0.1, -0.05) is 57.2 Å². The van der Waals surface area contributed by atoms with E-state index in [1.54, 1.807) is 21.1 Å². The Labute approximate surface area is 167 Å². The first-order valence-electron chi connectivity index (χ1n) is 9.58. The van der Waals surface area contributed by atoms with Gasteiger partial charge in [-0.3, -0.25) is 4.79 Å². The average molecular weight is 386 g/mol. The van der Waals surface area contributed by atoms with Crippen molar-refractivity contribution in [2.45, 2.75) is 39.4 Å². The second-order valence-electron chi connectivity index (χ2n) is 6.90. The van der Waals surface area contributed by atoms with Gasteiger partial charge in [0, 0.05) is 24.2 Å². The molecule has 0 aliphatic rings. The Bertz CT molecular complexity index is 756. The summed E-state index contributed by atoms with van der Waals surface area (Å²) in [5.41, 5.74) is 1.58. The van der Waals surface area contributed by atoms with Crippen LogP contribution >= 0.6 is 0 Å². The molecule has 0 radical (unpaired) electrons. The quantitative estimate of drug-likeness (QED) is 0.531. The monoisotopic (exact) mass is 386 g/mol. The summed E-state index contributed by atoms with van der Waals surface area (Å²) >= 11 is 0. The third-order valence-corrected chi connectivity index (χ3v) is 4.32. The van der Waals surface area contributed by atoms with E-state index in [0.29, 0.717) is 24.0 Å². The molecule has 2 atom stereocenters. The molecule has 0 saturated heterocycles. The lowest BCUT2D eigenvalue weighted by atomic mass is 9.96. The zero-order valence-electron chi connectivity index (χ0n) is 17.3. The Morgan fingerprint density at radius 1 is 0.857 bits per heavy atom. The van der Waals surface area contributed by atoms with Crippen LogP contribution in [-0.4, -0.2) is 26.8 Å². The Hall–Kier alpha value is -2.53. The van der Waals surface area contributed by atoms with Gasteiger partial charge in [-0.05, 0) is 18.1 Å². The standard InChI is InChI=1S/C23H30O5/c1-6-21(24)28-23(18-12-8-10-14-20(18)26-5)22(27-15-16(2)3)17-11-7-9-13-19(17)25-4/h7-14,16,22-23H,6,15H2,1-5H3/t22-,23+/m0/s1. The molecular weight excluding hydrogens is 356 g/mol. The van der Waals surface area contributed by atoms with Crippen molar-refractivity contribution in [2.24, 2.45) is 5.92 Å². The fraction of sp³-hybridized carbons (Fsp3) is 0.435. The fourth-order valence-electron chi connectivity index (χ4n) is 2.95. The zero-order chi connectivity index (χ0) is 20.5. The Morgan fingerprint density at radius 2 is 1.36 bits per heavy atom. The molecule has 5 heteroatoms. The van der Waals surface area contributed by atoms with Crippen LogP contribution in [0.1, 0.15) is 50.5 Å². The third kappa shape index (κ3) is 5.49. The first kappa shape index (κ1) is 21.8. The molecule has 0 aliphatic carbocycles. The molecule has 152 valence electrons. The minimum absolute atomic E-state index is 0.272. The smallest absolute Gasteiger partial charge is 0.306 e. The van der Waals surface area contributed by atoms with Gasteiger partial charge in [-0.25, -0.2) is 0 Å². The Balaban J connectivity index is 2.58. The van der Waals surface area contributed by atoms with E-state index in [1.165, 1.54) is 0 Å². The van der Waals surface area contributed by atoms with Gasteiger partial charge in [-0.2, -0.15) is 0 Å². The van der Waals surface area contributed by atoms with Crippen molar-refractivity contribution in [1.29, 1.82) is 0 Å². The summed E-state index contributed by atoms with van der Waals surface area (Å²) in [6.07, 6.45) is -0.932. The largest absolute Gasteiger partial charge is 0.496 e. The molecule has 0 N–H and O–H groups in total. The second kappa shape index (κ2) is 10.7. The molecular formula is C23H30O5. The summed E-state index contributed by atoms with van der Waals surface area (Å²) in [7, 11) is 3.22. The fourth-order valence-corrected chi connectivity index (χ4v) is 2.95. The number of hydrogen-bond acceptors (Lipinski definition) is 5. The zero-order valence-corrected chi connectivity index (χ0v) is 17.3. The van der Waals surface area contributed by atoms with Crippen LogP contribution in [0.4, 0.5) is 0 Å². The molecule has 0 aliphatic heterocycles. The molecule has 0 unspecified atom stereocenters. The summed E-state index contributed by atoms with van der Waals surface area (Å²) in [6, 6.07) is 15.2. The van der Waals surface area contributed by atoms with Gasteiger partial charge >= 0.3 is 5.97 Å². The van der Waals surface area contributed by atoms with E-state index in [1.807, 2.05) is 48.5 Å². The highest BCUT2D eigenvalue weighted by Crippen LogP contribution is 2.42. The van der Waals surface area contributed by atoms with Gasteiger partial charge in [-0.15, -0.1) is 0 Å². The lowest BCUT2D eigenvalue weighted by Gasteiger charge is -2.30. The minimum Gasteiger partial charge on any atom is -0.496 e. The van der Waals surface area contributed by atoms with Crippen molar-refractivity contribution in [3.8, 4) is 11.5 Å². The van der Waals surface area contributed by atoms with Gasteiger partial charge in [0.2, 0.25) is 0 Å². The summed E-state index contributed by atoms with van der Waals surface area (Å²) in [4.78, 5) is 12.3. The molecule has 2 aromatic rings. The van der Waals surface area contributed by atoms with Crippen LogP contribution in [0, 0.1) is 5.92 Å². The van der Waals surface area contributed by atoms with E-state index in [-0.39, 0.29) is 12.4 Å². The maximum absolute atomic E-state index is 12.3. The van der Waals surface area contributed by atoms with E-state index in [2.05, 4.69) is 13.8 Å². The van der Waals surface area contributed by atoms with Crippen molar-refractivity contribution >= 4 is 5.97 Å². The highest BCUT2D eigenvalue weighted by Gasteiger charge is 2.33. The van der Waals surface area contributed by atoms with E-state index in [0.717, 1.165) is 11.1 Å². The van der Waals surface area contributed by atoms with Crippen LogP contribution in [0.3, 0.4) is 0 Å². The lowest BCUT2D eigenvalue weighted by Crippen LogP contribution is -2.23. The van der Waals surface area contributed by atoms with Crippen LogP contribution in [0.5, 0.6) is 11.5 Å². The topological polar surface area (TPSA) is 54.0 Å². The average Bonchev–Trinajstić information content (AvgIpc) is 2.72. The number of carbonyl (C=O) groups is 1. The van der Waals surface area contributed by atoms with Gasteiger partial charge in [0.15, 0.2) is 6.10 Å². The van der Waals surface area contributed by atoms with Crippen molar-refractivity contribution < 1.29 is 23.7 Å². The molecule has 28 heavy (non-hydrogen) atoms. The highest BCUT2D eigenvalue weighted by atomic mass is 16.6. The normalized spacial score (nSPS) is 13.1. The predicted molar refractivity (Wildman–Crippen MR) is 109 cm³/mol. The van der Waals surface area contributed by atoms with Crippen molar-refractivity contribution in [1.82, 2.24) is 0 Å². The molecule has 0 heterocycles. The second-order valence-corrected chi connectivity index (χ2v) is 6.90. The molecule has 0 amide bonds. The molecule has 0 fully saturated rings. The molecule has 0 aromatic heterocycles. The minimum atomic E-state index is -0.668. The van der Waals surface area contributed by atoms with E-state index < -0.39 is 12.2 Å². The predicted octanol–water partition coefficient (Wildman–Crippen LogP) is 5.11. The maximum Gasteiger partial charge on any atom is 0.306 e. The first-order valence-corrected chi connectivity index (χ1v) is 9.58. The van der Waals surface area contributed by atoms with E-state index in [4.69, 9.17) is 18.9 Å². The van der Waals surface area contributed by atoms with Crippen LogP contribution in [0.2, 0.25) is 0 Å². The number of rotatable bonds is 10. The van der Waals surface area contributed by atoms with Gasteiger partial charge < -0.3 is 18.9 Å². The SMILES string of the molecule is CCC(=O)O[C@H](c1ccccc1OC)[C@@H](OCC(C)C)c1ccccc1OC. The molecule has 2 rings (SSSR count). The molecule has 0 saturated carbocycles. The van der Waals surface area contributed by atoms with Crippen LogP contribution < -0.4 is 9.47 Å². The van der Waals surface area contributed by atoms with Gasteiger partial charge in [0.25, 0.3) is 0 Å². The van der Waals surface area contributed by atoms with Crippen molar-refractivity contribution in [3.05, 3.63) is 59.7 Å². The van der Waals surface area contributed by atoms with Gasteiger partial charge in [0.1, 0.15) is 17.6 Å². The molecule has 0 spiro atoms. The van der Waals surface area contributed by atoms with Crippen molar-refractivity contribution in [3.63, 3.8) is 0 Å². The van der Waals surface area contributed by atoms with Crippen LogP contribution in [0.15, 0.2) is 48.5 Å². The maximum atomic E-state index is 12.3. The molecule has 0 bridgehead atoms. The summed E-state index contributed by atoms with van der Waals surface area (Å²) in [5.74, 6) is 1.34. The number of esters is 1. The highest BCUT2D eigenvalue weighted by molar-refractivity contribution is 5.69. The first-order chi connectivity index (χ1) is 13.5. The summed E-state index contributed by atoms with van der Waals surface area (Å²) < 4.78 is 23.2. The van der Waals surface area contributed by atoms with Crippen molar-refractivity contribution in [2.75, 3.05) is 20.8 Å².